The van der Waals surface area contributed by atoms with Crippen LogP contribution in [0.3, 0.4) is 0 Å². The van der Waals surface area contributed by atoms with Crippen molar-refractivity contribution < 1.29 is 38.2 Å². The summed E-state index contributed by atoms with van der Waals surface area (Å²) in [7, 11) is 0. The SMILES string of the molecule is O=C(c1ccccc1)c1ccc(N2C(=O)C3CC=C4C(CC5C(=O)N(Nc6ccc(F)cc6)C(=O)C5(c5ccc(Cl)cc5)C4c4ccccc4OCCO)C3C2=O)cc1. The Morgan fingerprint density at radius 1 is 0.797 bits per heavy atom. The number of anilines is 2. The van der Waals surface area contributed by atoms with Gasteiger partial charge in [0.15, 0.2) is 5.78 Å². The number of aliphatic hydroxyl groups is 1. The second kappa shape index (κ2) is 15.1. The van der Waals surface area contributed by atoms with Crippen molar-refractivity contribution in [2.45, 2.75) is 24.2 Å². The van der Waals surface area contributed by atoms with Gasteiger partial charge in [0.2, 0.25) is 11.8 Å². The van der Waals surface area contributed by atoms with Gasteiger partial charge >= 0.3 is 0 Å². The summed E-state index contributed by atoms with van der Waals surface area (Å²) >= 11 is 6.41. The smallest absolute Gasteiger partial charge is 0.260 e. The fourth-order valence-corrected chi connectivity index (χ4v) is 9.90. The van der Waals surface area contributed by atoms with Gasteiger partial charge in [0.25, 0.3) is 11.8 Å². The topological polar surface area (TPSA) is 133 Å². The van der Waals surface area contributed by atoms with Crippen LogP contribution in [0.15, 0.2) is 139 Å². The molecule has 5 aromatic rings. The first-order valence-corrected chi connectivity index (χ1v) is 19.8. The first kappa shape index (κ1) is 38.1. The average molecular weight is 810 g/mol. The Morgan fingerprint density at radius 3 is 2.19 bits per heavy atom. The molecule has 5 aromatic carbocycles. The van der Waals surface area contributed by atoms with Gasteiger partial charge in [-0.15, -0.1) is 0 Å². The number of carbonyl (C=O) groups excluding carboxylic acids is 5. The van der Waals surface area contributed by atoms with E-state index in [2.05, 4.69) is 5.43 Å². The zero-order valence-corrected chi connectivity index (χ0v) is 32.2. The van der Waals surface area contributed by atoms with Crippen LogP contribution < -0.4 is 15.1 Å². The number of nitrogens with zero attached hydrogens (tertiary/aromatic N) is 2. The number of hydrogen-bond acceptors (Lipinski definition) is 8. The summed E-state index contributed by atoms with van der Waals surface area (Å²) in [4.78, 5) is 73.9. The van der Waals surface area contributed by atoms with Gasteiger partial charge in [0.05, 0.1) is 41.2 Å². The third-order valence-electron chi connectivity index (χ3n) is 12.3. The van der Waals surface area contributed by atoms with E-state index in [4.69, 9.17) is 16.3 Å². The summed E-state index contributed by atoms with van der Waals surface area (Å²) in [5, 5.41) is 11.2. The second-order valence-corrected chi connectivity index (χ2v) is 15.7. The second-order valence-electron chi connectivity index (χ2n) is 15.2. The summed E-state index contributed by atoms with van der Waals surface area (Å²) in [5.74, 6) is -6.46. The Hall–Kier alpha value is -6.43. The number of ketones is 1. The molecule has 0 radical (unpaired) electrons. The number of para-hydroxylation sites is 1. The van der Waals surface area contributed by atoms with Crippen LogP contribution in [0.5, 0.6) is 5.75 Å². The highest BCUT2D eigenvalue weighted by molar-refractivity contribution is 6.30. The molecule has 12 heteroatoms. The van der Waals surface area contributed by atoms with Crippen LogP contribution >= 0.6 is 11.6 Å². The van der Waals surface area contributed by atoms with E-state index < -0.39 is 58.5 Å². The lowest BCUT2D eigenvalue weighted by atomic mass is 9.49. The van der Waals surface area contributed by atoms with Crippen LogP contribution in [-0.2, 0) is 24.6 Å². The van der Waals surface area contributed by atoms with Gasteiger partial charge in [-0.1, -0.05) is 83.9 Å². The molecule has 1 saturated carbocycles. The monoisotopic (exact) mass is 809 g/mol. The van der Waals surface area contributed by atoms with Crippen LogP contribution in [0.25, 0.3) is 0 Å². The van der Waals surface area contributed by atoms with Crippen LogP contribution in [-0.4, -0.2) is 52.7 Å². The number of carbonyl (C=O) groups is 5. The highest BCUT2D eigenvalue weighted by atomic mass is 35.5. The van der Waals surface area contributed by atoms with Gasteiger partial charge in [-0.2, -0.15) is 5.01 Å². The Kier molecular flexibility index (Phi) is 9.73. The van der Waals surface area contributed by atoms with Crippen molar-refractivity contribution in [1.29, 1.82) is 0 Å². The van der Waals surface area contributed by atoms with E-state index in [1.807, 2.05) is 18.2 Å². The van der Waals surface area contributed by atoms with Gasteiger partial charge in [-0.25, -0.2) is 4.39 Å². The van der Waals surface area contributed by atoms with Crippen molar-refractivity contribution >= 4 is 52.4 Å². The molecule has 2 N–H and O–H groups in total. The van der Waals surface area contributed by atoms with E-state index in [-0.39, 0.29) is 37.7 Å². The average Bonchev–Trinajstić information content (AvgIpc) is 3.64. The first-order valence-electron chi connectivity index (χ1n) is 19.4. The Labute approximate surface area is 343 Å². The molecule has 4 amide bonds. The summed E-state index contributed by atoms with van der Waals surface area (Å²) in [6, 6.07) is 34.4. The number of benzene rings is 5. The summed E-state index contributed by atoms with van der Waals surface area (Å²) in [6.07, 6.45) is 2.19. The van der Waals surface area contributed by atoms with Crippen molar-refractivity contribution in [2.75, 3.05) is 23.5 Å². The van der Waals surface area contributed by atoms with Gasteiger partial charge < -0.3 is 9.84 Å². The number of halogens is 2. The number of fused-ring (bicyclic) bond motifs is 4. The summed E-state index contributed by atoms with van der Waals surface area (Å²) in [5.41, 5.74) is 4.68. The fourth-order valence-electron chi connectivity index (χ4n) is 9.78. The molecule has 6 unspecified atom stereocenters. The minimum Gasteiger partial charge on any atom is -0.491 e. The van der Waals surface area contributed by atoms with Gasteiger partial charge in [-0.05, 0) is 91.1 Å². The molecule has 10 nitrogen and oxygen atoms in total. The van der Waals surface area contributed by atoms with Crippen LogP contribution in [0, 0.1) is 29.5 Å². The maximum atomic E-state index is 15.4. The highest BCUT2D eigenvalue weighted by Crippen LogP contribution is 2.65. The third kappa shape index (κ3) is 6.15. The normalized spacial score (nSPS) is 24.7. The van der Waals surface area contributed by atoms with E-state index in [1.165, 1.54) is 29.2 Å². The number of ether oxygens (including phenoxy) is 1. The Balaban J connectivity index is 1.17. The lowest BCUT2D eigenvalue weighted by Gasteiger charge is -2.50. The molecule has 0 bridgehead atoms. The van der Waals surface area contributed by atoms with E-state index in [1.54, 1.807) is 91.0 Å². The van der Waals surface area contributed by atoms with Crippen molar-refractivity contribution in [3.8, 4) is 5.75 Å². The number of hydrazine groups is 1. The molecule has 6 atom stereocenters. The zero-order chi connectivity index (χ0) is 41.0. The predicted octanol–water partition coefficient (Wildman–Crippen LogP) is 7.27. The Bertz CT molecular complexity index is 2530. The highest BCUT2D eigenvalue weighted by Gasteiger charge is 2.70. The quantitative estimate of drug-likeness (QED) is 0.0856. The number of rotatable bonds is 10. The summed E-state index contributed by atoms with van der Waals surface area (Å²) < 4.78 is 20.1. The molecule has 2 aliphatic heterocycles. The minimum atomic E-state index is -1.60. The van der Waals surface area contributed by atoms with Crippen molar-refractivity contribution in [2.24, 2.45) is 23.7 Å². The standard InChI is InChI=1S/C47H37ClFN3O7/c48-30-14-12-29(13-15-30)47-38(44(56)52(46(47)58)50-32-18-16-31(49)17-19-32)26-37-34(41(47)35-8-4-5-9-39(35)59-25-24-53)22-23-36-40(37)45(57)51(43(36)55)33-20-10-28(11-21-33)42(54)27-6-2-1-3-7-27/h1-22,36-38,40-41,50,53H,23-26H2. The number of nitrogens with one attached hydrogen (secondary N) is 1. The molecule has 2 aliphatic carbocycles. The van der Waals surface area contributed by atoms with E-state index in [9.17, 15) is 28.7 Å². The lowest BCUT2D eigenvalue weighted by molar-refractivity contribution is -0.138. The lowest BCUT2D eigenvalue weighted by Crippen LogP contribution is -2.53. The molecular formula is C47H37ClFN3O7. The number of allylic oxidation sites excluding steroid dienone is 2. The fraction of sp³-hybridized carbons (Fsp3) is 0.213. The zero-order valence-electron chi connectivity index (χ0n) is 31.5. The number of hydrogen-bond donors (Lipinski definition) is 2. The van der Waals surface area contributed by atoms with Crippen molar-refractivity contribution in [3.63, 3.8) is 0 Å². The molecule has 296 valence electrons. The number of amides is 4. The molecule has 9 rings (SSSR count). The molecule has 0 aromatic heterocycles. The number of aliphatic hydroxyl groups excluding tert-OH is 1. The molecule has 59 heavy (non-hydrogen) atoms. The molecule has 2 saturated heterocycles. The van der Waals surface area contributed by atoms with Crippen LogP contribution in [0.4, 0.5) is 15.8 Å². The third-order valence-corrected chi connectivity index (χ3v) is 12.5. The largest absolute Gasteiger partial charge is 0.491 e. The minimum absolute atomic E-state index is 0.0446. The molecule has 2 heterocycles. The van der Waals surface area contributed by atoms with E-state index >= 15 is 4.79 Å². The maximum Gasteiger partial charge on any atom is 0.260 e. The Morgan fingerprint density at radius 2 is 1.47 bits per heavy atom. The molecule has 0 spiro atoms. The van der Waals surface area contributed by atoms with Crippen molar-refractivity contribution in [1.82, 2.24) is 5.01 Å². The van der Waals surface area contributed by atoms with Crippen molar-refractivity contribution in [3.05, 3.63) is 172 Å². The van der Waals surface area contributed by atoms with Crippen LogP contribution in [0.1, 0.15) is 45.8 Å². The van der Waals surface area contributed by atoms with Gasteiger partial charge in [-0.3, -0.25) is 34.3 Å². The molecule has 4 aliphatic rings. The maximum absolute atomic E-state index is 15.4. The molecular weight excluding hydrogens is 773 g/mol. The van der Waals surface area contributed by atoms with Gasteiger partial charge in [0, 0.05) is 27.6 Å². The first-order chi connectivity index (χ1) is 28.6. The number of imide groups is 2. The van der Waals surface area contributed by atoms with Crippen LogP contribution in [0.2, 0.25) is 5.02 Å². The predicted molar refractivity (Wildman–Crippen MR) is 217 cm³/mol. The van der Waals surface area contributed by atoms with E-state index in [0.29, 0.717) is 50.0 Å². The summed E-state index contributed by atoms with van der Waals surface area (Å²) in [6.45, 7) is -0.323. The van der Waals surface area contributed by atoms with E-state index in [0.717, 1.165) is 5.01 Å². The van der Waals surface area contributed by atoms with Gasteiger partial charge in [0.1, 0.15) is 18.2 Å². The molecule has 3 fully saturated rings.